The predicted molar refractivity (Wildman–Crippen MR) is 41.3 cm³/mol. The zero-order valence-corrected chi connectivity index (χ0v) is 6.72. The number of nitrogens with one attached hydrogen (secondary N) is 2. The van der Waals surface area contributed by atoms with E-state index in [0.717, 1.165) is 13.1 Å². The van der Waals surface area contributed by atoms with Crippen LogP contribution in [0.15, 0.2) is 0 Å². The Labute approximate surface area is 66.3 Å². The fourth-order valence-electron chi connectivity index (χ4n) is 0.873. The van der Waals surface area contributed by atoms with Crippen LogP contribution in [-0.4, -0.2) is 38.3 Å². The number of carbonyl (C=O) groups excluding carboxylic acids is 1. The lowest BCUT2D eigenvalue weighted by Gasteiger charge is -2.27. The minimum atomic E-state index is -0.167. The van der Waals surface area contributed by atoms with Gasteiger partial charge in [-0.2, -0.15) is 0 Å². The Morgan fingerprint density at radius 1 is 1.73 bits per heavy atom. The van der Waals surface area contributed by atoms with E-state index in [1.54, 1.807) is 0 Å². The molecule has 11 heavy (non-hydrogen) atoms. The quantitative estimate of drug-likeness (QED) is 0.521. The summed E-state index contributed by atoms with van der Waals surface area (Å²) in [5.41, 5.74) is 0. The molecule has 0 radical (unpaired) electrons. The summed E-state index contributed by atoms with van der Waals surface area (Å²) in [6, 6.07) is 0.458. The summed E-state index contributed by atoms with van der Waals surface area (Å²) < 4.78 is 4.74. The summed E-state index contributed by atoms with van der Waals surface area (Å²) in [4.78, 5) is 10.8. The van der Waals surface area contributed by atoms with Gasteiger partial charge in [0.05, 0.1) is 13.2 Å². The van der Waals surface area contributed by atoms with E-state index >= 15 is 0 Å². The van der Waals surface area contributed by atoms with Crippen LogP contribution in [0, 0.1) is 0 Å². The fraction of sp³-hybridized carbons (Fsp3) is 0.857. The van der Waals surface area contributed by atoms with Crippen molar-refractivity contribution >= 4 is 5.97 Å². The fourth-order valence-corrected chi connectivity index (χ4v) is 0.873. The van der Waals surface area contributed by atoms with Gasteiger partial charge in [0, 0.05) is 19.1 Å². The topological polar surface area (TPSA) is 50.4 Å². The molecular weight excluding hydrogens is 144 g/mol. The zero-order valence-electron chi connectivity index (χ0n) is 6.72. The van der Waals surface area contributed by atoms with Crippen molar-refractivity contribution in [2.24, 2.45) is 0 Å². The normalized spacial score (nSPS) is 17.5. The molecule has 0 spiro atoms. The molecule has 64 valence electrons. The number of esters is 1. The van der Waals surface area contributed by atoms with Crippen molar-refractivity contribution in [1.29, 1.82) is 0 Å². The van der Waals surface area contributed by atoms with E-state index < -0.39 is 0 Å². The van der Waals surface area contributed by atoms with Crippen LogP contribution in [0.25, 0.3) is 0 Å². The van der Waals surface area contributed by atoms with Crippen LogP contribution < -0.4 is 10.6 Å². The lowest BCUT2D eigenvalue weighted by Crippen LogP contribution is -2.56. The Balaban J connectivity index is 1.96. The first-order chi connectivity index (χ1) is 5.33. The second-order valence-corrected chi connectivity index (χ2v) is 2.54. The molecule has 1 saturated heterocycles. The third-order valence-corrected chi connectivity index (χ3v) is 1.62. The minimum absolute atomic E-state index is 0.167. The van der Waals surface area contributed by atoms with Gasteiger partial charge in [-0.1, -0.05) is 0 Å². The molecule has 1 aliphatic rings. The van der Waals surface area contributed by atoms with Crippen molar-refractivity contribution < 1.29 is 9.53 Å². The van der Waals surface area contributed by atoms with E-state index in [0.29, 0.717) is 19.2 Å². The standard InChI is InChI=1S/C7H14N2O2/c1-2-11-7(10)5-9-6-3-8-4-6/h6,8-9H,2-5H2,1H3. The van der Waals surface area contributed by atoms with E-state index in [1.807, 2.05) is 6.92 Å². The highest BCUT2D eigenvalue weighted by atomic mass is 16.5. The Morgan fingerprint density at radius 3 is 2.91 bits per heavy atom. The molecule has 1 fully saturated rings. The van der Waals surface area contributed by atoms with Crippen molar-refractivity contribution in [3.63, 3.8) is 0 Å². The Kier molecular flexibility index (Phi) is 3.32. The first-order valence-corrected chi connectivity index (χ1v) is 3.92. The highest BCUT2D eigenvalue weighted by Crippen LogP contribution is 1.89. The molecule has 2 N–H and O–H groups in total. The van der Waals surface area contributed by atoms with Gasteiger partial charge in [0.1, 0.15) is 0 Å². The monoisotopic (exact) mass is 158 g/mol. The SMILES string of the molecule is CCOC(=O)CNC1CNC1. The van der Waals surface area contributed by atoms with Crippen LogP contribution in [0.5, 0.6) is 0 Å². The number of hydrogen-bond donors (Lipinski definition) is 2. The van der Waals surface area contributed by atoms with Crippen molar-refractivity contribution in [3.05, 3.63) is 0 Å². The summed E-state index contributed by atoms with van der Waals surface area (Å²) in [5, 5.41) is 6.17. The average Bonchev–Trinajstić information content (AvgIpc) is 1.85. The highest BCUT2D eigenvalue weighted by Gasteiger charge is 2.16. The number of hydrogen-bond acceptors (Lipinski definition) is 4. The van der Waals surface area contributed by atoms with Gasteiger partial charge in [-0.3, -0.25) is 4.79 Å². The van der Waals surface area contributed by atoms with Crippen LogP contribution >= 0.6 is 0 Å². The van der Waals surface area contributed by atoms with Crippen LogP contribution in [0.1, 0.15) is 6.92 Å². The molecule has 4 nitrogen and oxygen atoms in total. The van der Waals surface area contributed by atoms with Gasteiger partial charge >= 0.3 is 5.97 Å². The average molecular weight is 158 g/mol. The lowest BCUT2D eigenvalue weighted by atomic mass is 10.2. The summed E-state index contributed by atoms with van der Waals surface area (Å²) in [7, 11) is 0. The first-order valence-electron chi connectivity index (χ1n) is 3.92. The second-order valence-electron chi connectivity index (χ2n) is 2.54. The Hall–Kier alpha value is -0.610. The van der Waals surface area contributed by atoms with Crippen molar-refractivity contribution in [2.45, 2.75) is 13.0 Å². The summed E-state index contributed by atoms with van der Waals surface area (Å²) in [6.07, 6.45) is 0. The minimum Gasteiger partial charge on any atom is -0.465 e. The molecule has 0 bridgehead atoms. The van der Waals surface area contributed by atoms with Crippen LogP contribution in [0.3, 0.4) is 0 Å². The maximum atomic E-state index is 10.8. The summed E-state index contributed by atoms with van der Waals surface area (Å²) in [5.74, 6) is -0.167. The van der Waals surface area contributed by atoms with E-state index in [2.05, 4.69) is 10.6 Å². The van der Waals surface area contributed by atoms with Gasteiger partial charge < -0.3 is 15.4 Å². The van der Waals surface area contributed by atoms with Gasteiger partial charge in [-0.05, 0) is 6.92 Å². The van der Waals surface area contributed by atoms with Gasteiger partial charge in [0.15, 0.2) is 0 Å². The predicted octanol–water partition coefficient (Wildman–Crippen LogP) is -0.889. The molecular formula is C7H14N2O2. The third-order valence-electron chi connectivity index (χ3n) is 1.62. The van der Waals surface area contributed by atoms with Crippen molar-refractivity contribution in [1.82, 2.24) is 10.6 Å². The Bertz CT molecular complexity index is 134. The second kappa shape index (κ2) is 4.31. The van der Waals surface area contributed by atoms with Gasteiger partial charge in [0.25, 0.3) is 0 Å². The zero-order chi connectivity index (χ0) is 8.10. The summed E-state index contributed by atoms with van der Waals surface area (Å²) >= 11 is 0. The van der Waals surface area contributed by atoms with Crippen molar-refractivity contribution in [3.8, 4) is 0 Å². The first kappa shape index (κ1) is 8.49. The van der Waals surface area contributed by atoms with Crippen LogP contribution in [0.2, 0.25) is 0 Å². The molecule has 1 heterocycles. The molecule has 4 heteroatoms. The highest BCUT2D eigenvalue weighted by molar-refractivity contribution is 5.71. The van der Waals surface area contributed by atoms with Gasteiger partial charge in [0.2, 0.25) is 0 Å². The van der Waals surface area contributed by atoms with E-state index in [9.17, 15) is 4.79 Å². The maximum Gasteiger partial charge on any atom is 0.319 e. The van der Waals surface area contributed by atoms with Gasteiger partial charge in [-0.25, -0.2) is 0 Å². The van der Waals surface area contributed by atoms with Crippen LogP contribution in [0.4, 0.5) is 0 Å². The molecule has 1 rings (SSSR count). The molecule has 0 aliphatic carbocycles. The molecule has 0 amide bonds. The van der Waals surface area contributed by atoms with E-state index in [1.165, 1.54) is 0 Å². The van der Waals surface area contributed by atoms with E-state index in [4.69, 9.17) is 4.74 Å². The largest absolute Gasteiger partial charge is 0.465 e. The third kappa shape index (κ3) is 2.86. The Morgan fingerprint density at radius 2 is 2.45 bits per heavy atom. The van der Waals surface area contributed by atoms with Crippen LogP contribution in [-0.2, 0) is 9.53 Å². The summed E-state index contributed by atoms with van der Waals surface area (Å²) in [6.45, 7) is 4.52. The van der Waals surface area contributed by atoms with E-state index in [-0.39, 0.29) is 5.97 Å². The molecule has 0 aromatic rings. The number of rotatable bonds is 4. The number of ether oxygens (including phenoxy) is 1. The smallest absolute Gasteiger partial charge is 0.319 e. The van der Waals surface area contributed by atoms with Crippen molar-refractivity contribution in [2.75, 3.05) is 26.2 Å². The lowest BCUT2D eigenvalue weighted by molar-refractivity contribution is -0.142. The molecule has 0 saturated carbocycles. The molecule has 0 atom stereocenters. The van der Waals surface area contributed by atoms with Gasteiger partial charge in [-0.15, -0.1) is 0 Å². The number of carbonyl (C=O) groups is 1. The molecule has 1 aliphatic heterocycles. The molecule has 0 aromatic carbocycles. The molecule has 0 unspecified atom stereocenters. The molecule has 0 aromatic heterocycles. The maximum absolute atomic E-state index is 10.8.